The van der Waals surface area contributed by atoms with E-state index in [0.717, 1.165) is 55.6 Å². The third-order valence-corrected chi connectivity index (χ3v) is 3.60. The largest absolute Gasteiger partial charge is 0.463 e. The van der Waals surface area contributed by atoms with E-state index in [4.69, 9.17) is 9.15 Å². The molecule has 0 fully saturated rings. The summed E-state index contributed by atoms with van der Waals surface area (Å²) in [6.07, 6.45) is 3.69. The molecule has 2 aromatic rings. The van der Waals surface area contributed by atoms with E-state index < -0.39 is 0 Å². The Labute approximate surface area is 117 Å². The number of hydrogen-bond donors (Lipinski definition) is 1. The molecule has 0 unspecified atom stereocenters. The van der Waals surface area contributed by atoms with Crippen molar-refractivity contribution in [3.8, 4) is 11.5 Å². The van der Waals surface area contributed by atoms with Crippen molar-refractivity contribution in [1.29, 1.82) is 0 Å². The number of nitrogens with one attached hydrogen (secondary N) is 1. The van der Waals surface area contributed by atoms with Crippen LogP contribution in [0.5, 0.6) is 0 Å². The van der Waals surface area contributed by atoms with Crippen LogP contribution in [0.25, 0.3) is 11.5 Å². The molecule has 2 aromatic heterocycles. The van der Waals surface area contributed by atoms with Gasteiger partial charge in [-0.15, -0.1) is 11.3 Å². The summed E-state index contributed by atoms with van der Waals surface area (Å²) in [6, 6.07) is 3.82. The number of hydrogen-bond acceptors (Lipinski definition) is 5. The Kier molecular flexibility index (Phi) is 6.07. The summed E-state index contributed by atoms with van der Waals surface area (Å²) >= 11 is 1.68. The lowest BCUT2D eigenvalue weighted by molar-refractivity contribution is 0.145. The summed E-state index contributed by atoms with van der Waals surface area (Å²) < 4.78 is 10.6. The molecule has 5 heteroatoms. The maximum Gasteiger partial charge on any atom is 0.153 e. The Morgan fingerprint density at radius 3 is 3.16 bits per heavy atom. The zero-order valence-corrected chi connectivity index (χ0v) is 12.0. The molecule has 0 bridgehead atoms. The maximum atomic E-state index is 5.33. The van der Waals surface area contributed by atoms with E-state index in [-0.39, 0.29) is 0 Å². The van der Waals surface area contributed by atoms with Crippen LogP contribution in [0.4, 0.5) is 0 Å². The van der Waals surface area contributed by atoms with E-state index in [1.807, 2.05) is 24.4 Å². The molecule has 0 spiro atoms. The van der Waals surface area contributed by atoms with Crippen LogP contribution in [0, 0.1) is 0 Å². The second-order valence-corrected chi connectivity index (χ2v) is 5.10. The molecule has 2 heterocycles. The summed E-state index contributed by atoms with van der Waals surface area (Å²) in [6.45, 7) is 5.61. The second-order valence-electron chi connectivity index (χ2n) is 4.15. The van der Waals surface area contributed by atoms with Gasteiger partial charge in [0, 0.05) is 31.6 Å². The number of thiazole rings is 1. The maximum absolute atomic E-state index is 5.33. The normalized spacial score (nSPS) is 11.0. The first-order valence-corrected chi connectivity index (χ1v) is 7.55. The predicted molar refractivity (Wildman–Crippen MR) is 77.5 cm³/mol. The summed E-state index contributed by atoms with van der Waals surface area (Å²) in [5.41, 5.74) is 0.932. The average molecular weight is 280 g/mol. The fourth-order valence-corrected chi connectivity index (χ4v) is 2.51. The van der Waals surface area contributed by atoms with E-state index in [1.54, 1.807) is 17.6 Å². The molecule has 4 nitrogen and oxygen atoms in total. The fraction of sp³-hybridized carbons (Fsp3) is 0.500. The third kappa shape index (κ3) is 4.78. The second kappa shape index (κ2) is 8.09. The summed E-state index contributed by atoms with van der Waals surface area (Å²) in [5.74, 6) is 0.840. The van der Waals surface area contributed by atoms with E-state index in [2.05, 4.69) is 10.3 Å². The predicted octanol–water partition coefficient (Wildman–Crippen LogP) is 2.96. The monoisotopic (exact) mass is 280 g/mol. The van der Waals surface area contributed by atoms with Gasteiger partial charge < -0.3 is 14.5 Å². The van der Waals surface area contributed by atoms with Crippen molar-refractivity contribution in [3.05, 3.63) is 28.8 Å². The zero-order valence-electron chi connectivity index (χ0n) is 11.2. The molecule has 1 N–H and O–H groups in total. The highest BCUT2D eigenvalue weighted by molar-refractivity contribution is 7.09. The van der Waals surface area contributed by atoms with Gasteiger partial charge in [0.2, 0.25) is 0 Å². The Hall–Kier alpha value is -1.17. The number of ether oxygens (including phenoxy) is 1. The molecule has 0 aliphatic rings. The topological polar surface area (TPSA) is 47.3 Å². The average Bonchev–Trinajstić information content (AvgIpc) is 3.08. The Morgan fingerprint density at radius 2 is 2.37 bits per heavy atom. The highest BCUT2D eigenvalue weighted by Gasteiger charge is 2.06. The zero-order chi connectivity index (χ0) is 13.3. The van der Waals surface area contributed by atoms with Crippen molar-refractivity contribution >= 4 is 11.3 Å². The van der Waals surface area contributed by atoms with Gasteiger partial charge in [-0.2, -0.15) is 0 Å². The van der Waals surface area contributed by atoms with Gasteiger partial charge in [0.25, 0.3) is 0 Å². The first-order chi connectivity index (χ1) is 9.40. The van der Waals surface area contributed by atoms with Gasteiger partial charge in [-0.3, -0.25) is 0 Å². The summed E-state index contributed by atoms with van der Waals surface area (Å²) in [5, 5.41) is 6.59. The Balaban J connectivity index is 1.64. The van der Waals surface area contributed by atoms with Crippen LogP contribution < -0.4 is 5.32 Å². The smallest absolute Gasteiger partial charge is 0.153 e. The molecule has 0 aliphatic carbocycles. The molecule has 0 amide bonds. The lowest BCUT2D eigenvalue weighted by atomic mass is 10.3. The first-order valence-electron chi connectivity index (χ1n) is 6.67. The van der Waals surface area contributed by atoms with Gasteiger partial charge >= 0.3 is 0 Å². The third-order valence-electron chi connectivity index (χ3n) is 2.69. The highest BCUT2D eigenvalue weighted by atomic mass is 32.1. The van der Waals surface area contributed by atoms with Crippen LogP contribution in [-0.4, -0.2) is 31.3 Å². The van der Waals surface area contributed by atoms with Gasteiger partial charge in [0.15, 0.2) is 5.76 Å². The number of furan rings is 1. The van der Waals surface area contributed by atoms with Crippen LogP contribution in [0.2, 0.25) is 0 Å². The van der Waals surface area contributed by atoms with E-state index in [0.29, 0.717) is 0 Å². The van der Waals surface area contributed by atoms with Crippen LogP contribution >= 0.6 is 11.3 Å². The van der Waals surface area contributed by atoms with Crippen molar-refractivity contribution in [3.63, 3.8) is 0 Å². The number of nitrogens with zero attached hydrogens (tertiary/aromatic N) is 1. The molecular weight excluding hydrogens is 260 g/mol. The van der Waals surface area contributed by atoms with Crippen molar-refractivity contribution in [2.45, 2.75) is 19.8 Å². The number of rotatable bonds is 9. The summed E-state index contributed by atoms with van der Waals surface area (Å²) in [4.78, 5) is 4.56. The van der Waals surface area contributed by atoms with Crippen molar-refractivity contribution in [1.82, 2.24) is 10.3 Å². The first kappa shape index (κ1) is 14.2. The van der Waals surface area contributed by atoms with Crippen LogP contribution in [-0.2, 0) is 11.2 Å². The Bertz CT molecular complexity index is 454. The van der Waals surface area contributed by atoms with Crippen LogP contribution in [0.15, 0.2) is 28.2 Å². The Morgan fingerprint density at radius 1 is 1.42 bits per heavy atom. The van der Waals surface area contributed by atoms with Gasteiger partial charge in [-0.25, -0.2) is 4.98 Å². The van der Waals surface area contributed by atoms with E-state index in [9.17, 15) is 0 Å². The molecule has 2 rings (SSSR count). The molecule has 19 heavy (non-hydrogen) atoms. The molecule has 0 aromatic carbocycles. The molecule has 0 saturated heterocycles. The number of aromatic nitrogens is 1. The SMILES string of the molecule is CCOCCCNCCc1nc(-c2ccco2)cs1. The van der Waals surface area contributed by atoms with Crippen LogP contribution in [0.3, 0.4) is 0 Å². The van der Waals surface area contributed by atoms with E-state index >= 15 is 0 Å². The highest BCUT2D eigenvalue weighted by Crippen LogP contribution is 2.22. The lowest BCUT2D eigenvalue weighted by Crippen LogP contribution is -2.19. The van der Waals surface area contributed by atoms with Crippen LogP contribution in [0.1, 0.15) is 18.4 Å². The van der Waals surface area contributed by atoms with Crippen molar-refractivity contribution in [2.75, 3.05) is 26.3 Å². The molecular formula is C14H20N2O2S. The fourth-order valence-electron chi connectivity index (χ4n) is 1.73. The standard InChI is InChI=1S/C14H20N2O2S/c1-2-17-9-4-7-15-8-6-14-16-12(11-19-14)13-5-3-10-18-13/h3,5,10-11,15H,2,4,6-9H2,1H3. The van der Waals surface area contributed by atoms with Gasteiger partial charge in [0.1, 0.15) is 5.69 Å². The van der Waals surface area contributed by atoms with Gasteiger partial charge in [-0.05, 0) is 32.0 Å². The molecule has 0 saturated carbocycles. The quantitative estimate of drug-likeness (QED) is 0.717. The minimum absolute atomic E-state index is 0.800. The molecule has 0 aliphatic heterocycles. The van der Waals surface area contributed by atoms with Gasteiger partial charge in [-0.1, -0.05) is 0 Å². The van der Waals surface area contributed by atoms with Gasteiger partial charge in [0.05, 0.1) is 11.3 Å². The minimum atomic E-state index is 0.800. The molecule has 104 valence electrons. The van der Waals surface area contributed by atoms with E-state index in [1.165, 1.54) is 0 Å². The summed E-state index contributed by atoms with van der Waals surface area (Å²) in [7, 11) is 0. The minimum Gasteiger partial charge on any atom is -0.463 e. The van der Waals surface area contributed by atoms with Crippen molar-refractivity contribution in [2.24, 2.45) is 0 Å². The lowest BCUT2D eigenvalue weighted by Gasteiger charge is -2.03. The van der Waals surface area contributed by atoms with Crippen molar-refractivity contribution < 1.29 is 9.15 Å². The molecule has 0 atom stereocenters. The molecule has 0 radical (unpaired) electrons.